The van der Waals surface area contributed by atoms with E-state index < -0.39 is 0 Å². The molecule has 0 aromatic carbocycles. The molecule has 2 N–H and O–H groups in total. The summed E-state index contributed by atoms with van der Waals surface area (Å²) in [5.74, 6) is 0.369. The number of amides is 1. The fourth-order valence-corrected chi connectivity index (χ4v) is 3.69. The topological polar surface area (TPSA) is 46.3 Å². The van der Waals surface area contributed by atoms with Crippen LogP contribution in [-0.2, 0) is 11.3 Å². The van der Waals surface area contributed by atoms with Crippen LogP contribution in [0.4, 0.5) is 0 Å². The van der Waals surface area contributed by atoms with Crippen molar-refractivity contribution >= 4 is 17.2 Å². The Labute approximate surface area is 118 Å². The first-order valence-electron chi connectivity index (χ1n) is 7.33. The van der Waals surface area contributed by atoms with Crippen molar-refractivity contribution in [2.75, 3.05) is 0 Å². The van der Waals surface area contributed by atoms with Gasteiger partial charge in [0, 0.05) is 18.6 Å². The summed E-state index contributed by atoms with van der Waals surface area (Å²) in [6, 6.07) is 2.67. The molecule has 19 heavy (non-hydrogen) atoms. The second-order valence-electron chi connectivity index (χ2n) is 5.88. The van der Waals surface area contributed by atoms with Crippen molar-refractivity contribution < 1.29 is 4.79 Å². The van der Waals surface area contributed by atoms with E-state index >= 15 is 0 Å². The summed E-state index contributed by atoms with van der Waals surface area (Å²) in [5.41, 5.74) is 7.43. The molecule has 2 saturated carbocycles. The summed E-state index contributed by atoms with van der Waals surface area (Å²) >= 11 is 1.70. The first kappa shape index (κ1) is 13.1. The van der Waals surface area contributed by atoms with Gasteiger partial charge in [-0.25, -0.2) is 0 Å². The van der Waals surface area contributed by atoms with Gasteiger partial charge in [0.15, 0.2) is 0 Å². The highest BCUT2D eigenvalue weighted by Crippen LogP contribution is 2.33. The summed E-state index contributed by atoms with van der Waals surface area (Å²) in [5, 5.41) is 4.22. The third kappa shape index (κ3) is 3.00. The van der Waals surface area contributed by atoms with Crippen LogP contribution >= 0.6 is 11.3 Å². The molecular formula is C15H22N2OS. The molecule has 2 aliphatic carbocycles. The Bertz CT molecular complexity index is 427. The fourth-order valence-electron chi connectivity index (χ4n) is 3.03. The average molecular weight is 278 g/mol. The monoisotopic (exact) mass is 278 g/mol. The van der Waals surface area contributed by atoms with Gasteiger partial charge in [0.05, 0.1) is 5.92 Å². The number of thiophene rings is 1. The SMILES string of the molecule is NC1CCCCC1C(=O)N(Cc1ccsc1)C1CC1. The Kier molecular flexibility index (Phi) is 3.89. The van der Waals surface area contributed by atoms with Crippen LogP contribution in [0.15, 0.2) is 16.8 Å². The van der Waals surface area contributed by atoms with Gasteiger partial charge in [-0.15, -0.1) is 0 Å². The molecular weight excluding hydrogens is 256 g/mol. The lowest BCUT2D eigenvalue weighted by Gasteiger charge is -2.33. The van der Waals surface area contributed by atoms with E-state index in [0.717, 1.165) is 38.6 Å². The number of carbonyl (C=O) groups is 1. The lowest BCUT2D eigenvalue weighted by atomic mass is 9.84. The lowest BCUT2D eigenvalue weighted by Crippen LogP contribution is -2.46. The quantitative estimate of drug-likeness (QED) is 0.920. The molecule has 1 heterocycles. The van der Waals surface area contributed by atoms with E-state index in [0.29, 0.717) is 11.9 Å². The number of nitrogens with zero attached hydrogens (tertiary/aromatic N) is 1. The molecule has 0 radical (unpaired) electrons. The Morgan fingerprint density at radius 3 is 2.74 bits per heavy atom. The van der Waals surface area contributed by atoms with Crippen LogP contribution in [0.5, 0.6) is 0 Å². The molecule has 1 aromatic heterocycles. The number of hydrogen-bond acceptors (Lipinski definition) is 3. The average Bonchev–Trinajstić information content (AvgIpc) is 3.13. The van der Waals surface area contributed by atoms with E-state index in [4.69, 9.17) is 5.73 Å². The van der Waals surface area contributed by atoms with Gasteiger partial charge in [-0.2, -0.15) is 11.3 Å². The van der Waals surface area contributed by atoms with Crippen LogP contribution in [0.1, 0.15) is 44.1 Å². The normalized spacial score (nSPS) is 27.2. The van der Waals surface area contributed by atoms with Crippen molar-refractivity contribution in [1.82, 2.24) is 4.90 Å². The van der Waals surface area contributed by atoms with Crippen molar-refractivity contribution in [1.29, 1.82) is 0 Å². The molecule has 4 heteroatoms. The van der Waals surface area contributed by atoms with E-state index in [-0.39, 0.29) is 12.0 Å². The zero-order valence-electron chi connectivity index (χ0n) is 11.3. The van der Waals surface area contributed by atoms with E-state index in [2.05, 4.69) is 21.7 Å². The summed E-state index contributed by atoms with van der Waals surface area (Å²) in [6.45, 7) is 0.774. The van der Waals surface area contributed by atoms with Gasteiger partial charge in [-0.05, 0) is 48.1 Å². The van der Waals surface area contributed by atoms with E-state index in [9.17, 15) is 4.79 Å². The molecule has 0 aliphatic heterocycles. The van der Waals surface area contributed by atoms with Crippen molar-refractivity contribution in [2.45, 2.75) is 57.2 Å². The molecule has 0 spiro atoms. The largest absolute Gasteiger partial charge is 0.335 e. The fraction of sp³-hybridized carbons (Fsp3) is 0.667. The maximum atomic E-state index is 12.8. The molecule has 1 amide bonds. The van der Waals surface area contributed by atoms with Crippen LogP contribution in [0.3, 0.4) is 0 Å². The van der Waals surface area contributed by atoms with Crippen LogP contribution in [-0.4, -0.2) is 22.9 Å². The molecule has 104 valence electrons. The van der Waals surface area contributed by atoms with Gasteiger partial charge in [-0.3, -0.25) is 4.79 Å². The van der Waals surface area contributed by atoms with E-state index in [1.54, 1.807) is 11.3 Å². The van der Waals surface area contributed by atoms with E-state index in [1.807, 2.05) is 0 Å². The first-order chi connectivity index (χ1) is 9.25. The van der Waals surface area contributed by atoms with Crippen LogP contribution in [0, 0.1) is 5.92 Å². The van der Waals surface area contributed by atoms with Gasteiger partial charge < -0.3 is 10.6 Å². The molecule has 1 aromatic rings. The second-order valence-corrected chi connectivity index (χ2v) is 6.66. The lowest BCUT2D eigenvalue weighted by molar-refractivity contribution is -0.138. The minimum Gasteiger partial charge on any atom is -0.335 e. The number of rotatable bonds is 4. The van der Waals surface area contributed by atoms with Crippen LogP contribution in [0.2, 0.25) is 0 Å². The van der Waals surface area contributed by atoms with Gasteiger partial charge in [0.1, 0.15) is 0 Å². The smallest absolute Gasteiger partial charge is 0.227 e. The zero-order chi connectivity index (χ0) is 13.2. The zero-order valence-corrected chi connectivity index (χ0v) is 12.1. The Hall–Kier alpha value is -0.870. The minimum atomic E-state index is 0.0629. The molecule has 2 aliphatic rings. The maximum absolute atomic E-state index is 12.8. The third-order valence-corrected chi connectivity index (χ3v) is 5.07. The third-order valence-electron chi connectivity index (χ3n) is 4.34. The highest BCUT2D eigenvalue weighted by Gasteiger charge is 2.38. The second kappa shape index (κ2) is 5.63. The number of nitrogens with two attached hydrogens (primary N) is 1. The minimum absolute atomic E-state index is 0.0629. The maximum Gasteiger partial charge on any atom is 0.227 e. The van der Waals surface area contributed by atoms with Gasteiger partial charge >= 0.3 is 0 Å². The molecule has 3 nitrogen and oxygen atoms in total. The van der Waals surface area contributed by atoms with Gasteiger partial charge in [0.25, 0.3) is 0 Å². The molecule has 2 fully saturated rings. The standard InChI is InChI=1S/C15H22N2OS/c16-14-4-2-1-3-13(14)15(18)17(12-5-6-12)9-11-7-8-19-10-11/h7-8,10,12-14H,1-6,9,16H2. The van der Waals surface area contributed by atoms with Crippen molar-refractivity contribution in [3.63, 3.8) is 0 Å². The van der Waals surface area contributed by atoms with Crippen molar-refractivity contribution in [2.24, 2.45) is 11.7 Å². The molecule has 2 atom stereocenters. The van der Waals surface area contributed by atoms with E-state index in [1.165, 1.54) is 12.0 Å². The number of hydrogen-bond donors (Lipinski definition) is 1. The summed E-state index contributed by atoms with van der Waals surface area (Å²) < 4.78 is 0. The van der Waals surface area contributed by atoms with Crippen LogP contribution < -0.4 is 5.73 Å². The first-order valence-corrected chi connectivity index (χ1v) is 8.27. The van der Waals surface area contributed by atoms with Gasteiger partial charge in [-0.1, -0.05) is 12.8 Å². The van der Waals surface area contributed by atoms with Crippen LogP contribution in [0.25, 0.3) is 0 Å². The predicted octanol–water partition coefficient (Wildman–Crippen LogP) is 2.76. The summed E-state index contributed by atoms with van der Waals surface area (Å²) in [7, 11) is 0. The number of carbonyl (C=O) groups excluding carboxylic acids is 1. The highest BCUT2D eigenvalue weighted by molar-refractivity contribution is 7.07. The Morgan fingerprint density at radius 1 is 1.32 bits per heavy atom. The Morgan fingerprint density at radius 2 is 2.11 bits per heavy atom. The predicted molar refractivity (Wildman–Crippen MR) is 77.8 cm³/mol. The molecule has 3 rings (SSSR count). The van der Waals surface area contributed by atoms with Crippen molar-refractivity contribution in [3.8, 4) is 0 Å². The Balaban J connectivity index is 1.70. The van der Waals surface area contributed by atoms with Gasteiger partial charge in [0.2, 0.25) is 5.91 Å². The molecule has 2 unspecified atom stereocenters. The summed E-state index contributed by atoms with van der Waals surface area (Å²) in [6.07, 6.45) is 6.65. The molecule has 0 bridgehead atoms. The summed E-state index contributed by atoms with van der Waals surface area (Å²) in [4.78, 5) is 14.9. The molecule has 0 saturated heterocycles. The van der Waals surface area contributed by atoms with Crippen molar-refractivity contribution in [3.05, 3.63) is 22.4 Å². The highest BCUT2D eigenvalue weighted by atomic mass is 32.1.